The fourth-order valence-electron chi connectivity index (χ4n) is 4.47. The van der Waals surface area contributed by atoms with Crippen molar-refractivity contribution in [1.82, 2.24) is 4.57 Å². The van der Waals surface area contributed by atoms with Crippen molar-refractivity contribution in [3.05, 3.63) is 63.8 Å². The van der Waals surface area contributed by atoms with Gasteiger partial charge in [0, 0.05) is 39.0 Å². The summed E-state index contributed by atoms with van der Waals surface area (Å²) in [6, 6.07) is 11.4. The Hall–Kier alpha value is -2.32. The lowest BCUT2D eigenvalue weighted by atomic mass is 10.0. The van der Waals surface area contributed by atoms with Gasteiger partial charge in [-0.1, -0.05) is 23.7 Å². The van der Waals surface area contributed by atoms with Gasteiger partial charge in [-0.3, -0.25) is 9.59 Å². The molecule has 0 bridgehead atoms. The highest BCUT2D eigenvalue weighted by Gasteiger charge is 2.33. The second-order valence-electron chi connectivity index (χ2n) is 7.65. The average Bonchev–Trinajstić information content (AvgIpc) is 3.26. The van der Waals surface area contributed by atoms with Gasteiger partial charge in [-0.2, -0.15) is 4.33 Å². The number of carbonyl (C=O) groups is 2. The number of hydrogen-bond donors (Lipinski definition) is 1. The fourth-order valence-corrected chi connectivity index (χ4v) is 5.08. The lowest BCUT2D eigenvalue weighted by Crippen LogP contribution is -2.12. The highest BCUT2D eigenvalue weighted by atomic mass is 35.5. The van der Waals surface area contributed by atoms with Crippen molar-refractivity contribution >= 4 is 46.3 Å². The van der Waals surface area contributed by atoms with E-state index < -0.39 is 5.97 Å². The lowest BCUT2D eigenvalue weighted by Gasteiger charge is -2.17. The summed E-state index contributed by atoms with van der Waals surface area (Å²) in [6.07, 6.45) is 1.61. The van der Waals surface area contributed by atoms with Gasteiger partial charge in [0.15, 0.2) is 5.78 Å². The van der Waals surface area contributed by atoms with E-state index in [4.69, 9.17) is 20.8 Å². The predicted octanol–water partition coefficient (Wildman–Crippen LogP) is 5.64. The van der Waals surface area contributed by atoms with Crippen LogP contribution >= 0.6 is 23.6 Å². The van der Waals surface area contributed by atoms with Gasteiger partial charge in [0.2, 0.25) is 0 Å². The molecule has 8 heteroatoms. The second-order valence-corrected chi connectivity index (χ2v) is 8.86. The first-order valence-electron chi connectivity index (χ1n) is 9.92. The molecule has 3 aromatic rings. The minimum atomic E-state index is -0.822. The summed E-state index contributed by atoms with van der Waals surface area (Å²) >= 11 is 7.09. The number of rotatable bonds is 8. The fraction of sp³-hybridized carbons (Fsp3) is 0.304. The zero-order chi connectivity index (χ0) is 22.1. The van der Waals surface area contributed by atoms with E-state index in [1.54, 1.807) is 13.0 Å². The predicted molar refractivity (Wildman–Crippen MR) is 120 cm³/mol. The Balaban J connectivity index is 1.94. The van der Waals surface area contributed by atoms with Crippen molar-refractivity contribution in [3.8, 4) is 0 Å². The Morgan fingerprint density at radius 3 is 2.65 bits per heavy atom. The molecule has 0 saturated heterocycles. The van der Waals surface area contributed by atoms with Crippen LogP contribution < -0.4 is 0 Å². The maximum absolute atomic E-state index is 12.6. The number of aliphatic carboxylic acids is 1. The number of carbonyl (C=O) groups excluding carboxylic acids is 1. The van der Waals surface area contributed by atoms with Crippen LogP contribution in [0.5, 0.6) is 0 Å². The molecular weight excluding hydrogens is 438 g/mol. The van der Waals surface area contributed by atoms with Crippen LogP contribution in [0.2, 0.25) is 5.02 Å². The molecule has 31 heavy (non-hydrogen) atoms. The summed E-state index contributed by atoms with van der Waals surface area (Å²) in [7, 11) is 1.42. The largest absolute Gasteiger partial charge is 0.481 e. The van der Waals surface area contributed by atoms with Gasteiger partial charge < -0.3 is 9.67 Å². The van der Waals surface area contributed by atoms with Crippen molar-refractivity contribution in [3.63, 3.8) is 0 Å². The van der Waals surface area contributed by atoms with Gasteiger partial charge in [-0.05, 0) is 55.2 Å². The van der Waals surface area contributed by atoms with Gasteiger partial charge >= 0.3 is 5.97 Å². The summed E-state index contributed by atoms with van der Waals surface area (Å²) in [5, 5.41) is 11.1. The van der Waals surface area contributed by atoms with Crippen molar-refractivity contribution in [2.45, 2.75) is 43.5 Å². The van der Waals surface area contributed by atoms with Crippen LogP contribution in [0.15, 0.2) is 41.3 Å². The third-order valence-corrected chi connectivity index (χ3v) is 6.54. The Morgan fingerprint density at radius 1 is 1.26 bits per heavy atom. The summed E-state index contributed by atoms with van der Waals surface area (Å²) < 4.78 is 7.14. The monoisotopic (exact) mass is 459 g/mol. The molecule has 0 fully saturated rings. The summed E-state index contributed by atoms with van der Waals surface area (Å²) in [5.74, 6) is -0.982. The number of Topliss-reactive ketones (excluding diaryl/α,β-unsaturated/α-hetero) is 1. The minimum Gasteiger partial charge on any atom is -0.481 e. The number of aromatic nitrogens is 1. The van der Waals surface area contributed by atoms with E-state index in [9.17, 15) is 14.7 Å². The maximum Gasteiger partial charge on any atom is 0.304 e. The first-order chi connectivity index (χ1) is 14.9. The standard InChI is InChI=1S/C23H22ClNO5S/c1-13(26)19-10-17(31-30-29-2)11-20-18-8-5-15(9-21(27)28)22(18)25(23(19)20)12-14-3-6-16(24)7-4-14/h3-4,6-7,10-11,15H,5,8-9,12H2,1-2H3,(H,27,28)/t15-/m1/s1. The summed E-state index contributed by atoms with van der Waals surface area (Å²) in [5.41, 5.74) is 4.56. The molecule has 4 rings (SSSR count). The molecule has 0 amide bonds. The molecule has 162 valence electrons. The van der Waals surface area contributed by atoms with E-state index in [-0.39, 0.29) is 18.1 Å². The Morgan fingerprint density at radius 2 is 2.00 bits per heavy atom. The quantitative estimate of drug-likeness (QED) is 0.203. The van der Waals surface area contributed by atoms with Crippen molar-refractivity contribution in [2.24, 2.45) is 0 Å². The molecule has 0 unspecified atom stereocenters. The van der Waals surface area contributed by atoms with Gasteiger partial charge in [0.25, 0.3) is 0 Å². The second kappa shape index (κ2) is 9.04. The van der Waals surface area contributed by atoms with Gasteiger partial charge in [-0.15, -0.1) is 0 Å². The molecule has 1 N–H and O–H groups in total. The molecule has 1 atom stereocenters. The number of ketones is 1. The van der Waals surface area contributed by atoms with Crippen LogP contribution in [0.1, 0.15) is 52.9 Å². The highest BCUT2D eigenvalue weighted by Crippen LogP contribution is 2.44. The third kappa shape index (κ3) is 4.36. The minimum absolute atomic E-state index is 0.0619. The number of hydrogen-bond acceptors (Lipinski definition) is 5. The highest BCUT2D eigenvalue weighted by molar-refractivity contribution is 7.94. The summed E-state index contributed by atoms with van der Waals surface area (Å²) in [6.45, 7) is 2.07. The van der Waals surface area contributed by atoms with Gasteiger partial charge in [-0.25, -0.2) is 4.89 Å². The molecule has 0 aliphatic heterocycles. The zero-order valence-corrected chi connectivity index (χ0v) is 18.8. The number of halogens is 1. The van der Waals surface area contributed by atoms with Gasteiger partial charge in [0.05, 0.1) is 31.1 Å². The molecule has 6 nitrogen and oxygen atoms in total. The molecule has 1 aliphatic carbocycles. The van der Waals surface area contributed by atoms with E-state index in [2.05, 4.69) is 4.57 Å². The van der Waals surface area contributed by atoms with E-state index in [0.29, 0.717) is 17.1 Å². The molecule has 1 aromatic heterocycles. The normalized spacial score (nSPS) is 15.4. The number of aryl methyl sites for hydroxylation is 1. The van der Waals surface area contributed by atoms with Crippen LogP contribution in [0.3, 0.4) is 0 Å². The van der Waals surface area contributed by atoms with Gasteiger partial charge in [0.1, 0.15) is 0 Å². The Bertz CT molecular complexity index is 1160. The van der Waals surface area contributed by atoms with Crippen LogP contribution in [0.4, 0.5) is 0 Å². The van der Waals surface area contributed by atoms with Crippen LogP contribution in [-0.4, -0.2) is 28.5 Å². The van der Waals surface area contributed by atoms with Crippen molar-refractivity contribution in [1.29, 1.82) is 0 Å². The Kier molecular flexibility index (Phi) is 6.39. The van der Waals surface area contributed by atoms with Crippen LogP contribution in [-0.2, 0) is 27.0 Å². The van der Waals surface area contributed by atoms with E-state index in [0.717, 1.165) is 57.5 Å². The van der Waals surface area contributed by atoms with Crippen LogP contribution in [0.25, 0.3) is 10.9 Å². The smallest absolute Gasteiger partial charge is 0.304 e. The molecular formula is C23H22ClNO5S. The molecule has 1 aliphatic rings. The summed E-state index contributed by atoms with van der Waals surface area (Å²) in [4.78, 5) is 29.6. The number of carboxylic acid groups (broad SMARTS) is 1. The molecule has 0 spiro atoms. The zero-order valence-electron chi connectivity index (χ0n) is 17.2. The van der Waals surface area contributed by atoms with E-state index in [1.165, 1.54) is 7.11 Å². The topological polar surface area (TPSA) is 77.8 Å². The maximum atomic E-state index is 12.6. The number of benzene rings is 2. The first-order valence-corrected chi connectivity index (χ1v) is 11.0. The van der Waals surface area contributed by atoms with Crippen molar-refractivity contribution < 1.29 is 23.9 Å². The number of nitrogens with zero attached hydrogens (tertiary/aromatic N) is 1. The molecule has 2 aromatic carbocycles. The molecule has 0 saturated carbocycles. The third-order valence-electron chi connectivity index (χ3n) is 5.66. The Labute approximate surface area is 189 Å². The SMILES string of the molecule is COOSc1cc(C(C)=O)c2c(c1)c1c(n2Cc2ccc(Cl)cc2)[C@@H](CC(=O)O)CC1. The lowest BCUT2D eigenvalue weighted by molar-refractivity contribution is -0.160. The van der Waals surface area contributed by atoms with E-state index >= 15 is 0 Å². The number of carboxylic acids is 1. The first kappa shape index (κ1) is 21.9. The molecule has 0 radical (unpaired) electrons. The van der Waals surface area contributed by atoms with E-state index in [1.807, 2.05) is 30.3 Å². The van der Waals surface area contributed by atoms with Crippen LogP contribution in [0, 0.1) is 0 Å². The number of fused-ring (bicyclic) bond motifs is 3. The molecule has 1 heterocycles. The average molecular weight is 460 g/mol. The van der Waals surface area contributed by atoms with Crippen molar-refractivity contribution in [2.75, 3.05) is 7.11 Å².